The van der Waals surface area contributed by atoms with Crippen LogP contribution in [0, 0.1) is 0 Å². The molecule has 1 aliphatic heterocycles. The van der Waals surface area contributed by atoms with Crippen molar-refractivity contribution >= 4 is 17.8 Å². The van der Waals surface area contributed by atoms with Crippen molar-refractivity contribution in [3.05, 3.63) is 35.4 Å². The summed E-state index contributed by atoms with van der Waals surface area (Å²) in [6.45, 7) is 1.97. The molecule has 1 unspecified atom stereocenters. The molecule has 8 nitrogen and oxygen atoms in total. The van der Waals surface area contributed by atoms with Crippen LogP contribution in [0.5, 0.6) is 0 Å². The SMILES string of the molecule is CN=C(NCc1ccc(C(=O)NCC(N)=O)cc1)NCC1CCCO1. The Labute approximate surface area is 147 Å². The Morgan fingerprint density at radius 2 is 2.00 bits per heavy atom. The first kappa shape index (κ1) is 18.7. The maximum atomic E-state index is 11.8. The van der Waals surface area contributed by atoms with E-state index in [9.17, 15) is 9.59 Å². The maximum absolute atomic E-state index is 11.8. The number of ether oxygens (including phenoxy) is 1. The van der Waals surface area contributed by atoms with Crippen LogP contribution in [-0.4, -0.2) is 50.6 Å². The fraction of sp³-hybridized carbons (Fsp3) is 0.471. The molecule has 5 N–H and O–H groups in total. The van der Waals surface area contributed by atoms with E-state index in [0.717, 1.165) is 31.6 Å². The third kappa shape index (κ3) is 6.42. The van der Waals surface area contributed by atoms with Crippen molar-refractivity contribution < 1.29 is 14.3 Å². The molecule has 0 saturated carbocycles. The summed E-state index contributed by atoms with van der Waals surface area (Å²) in [5.74, 6) is -0.192. The summed E-state index contributed by atoms with van der Waals surface area (Å²) >= 11 is 0. The third-order valence-corrected chi connectivity index (χ3v) is 3.84. The highest BCUT2D eigenvalue weighted by Gasteiger charge is 2.15. The van der Waals surface area contributed by atoms with Gasteiger partial charge >= 0.3 is 0 Å². The van der Waals surface area contributed by atoms with E-state index in [1.807, 2.05) is 12.1 Å². The molecule has 136 valence electrons. The minimum absolute atomic E-state index is 0.172. The van der Waals surface area contributed by atoms with Gasteiger partial charge < -0.3 is 26.4 Å². The van der Waals surface area contributed by atoms with Crippen LogP contribution in [0.4, 0.5) is 0 Å². The van der Waals surface area contributed by atoms with Crippen molar-refractivity contribution in [1.82, 2.24) is 16.0 Å². The number of nitrogens with zero attached hydrogens (tertiary/aromatic N) is 1. The van der Waals surface area contributed by atoms with Gasteiger partial charge in [0.15, 0.2) is 5.96 Å². The second-order valence-electron chi connectivity index (χ2n) is 5.79. The average Bonchev–Trinajstić information content (AvgIpc) is 3.14. The van der Waals surface area contributed by atoms with E-state index >= 15 is 0 Å². The number of hydrogen-bond donors (Lipinski definition) is 4. The lowest BCUT2D eigenvalue weighted by Crippen LogP contribution is -2.40. The number of benzene rings is 1. The Bertz CT molecular complexity index is 609. The number of nitrogens with one attached hydrogen (secondary N) is 3. The minimum atomic E-state index is -0.573. The molecular formula is C17H25N5O3. The fourth-order valence-electron chi connectivity index (χ4n) is 2.47. The Morgan fingerprint density at radius 1 is 1.24 bits per heavy atom. The number of carbonyl (C=O) groups excluding carboxylic acids is 2. The lowest BCUT2D eigenvalue weighted by molar-refractivity contribution is -0.117. The fourth-order valence-corrected chi connectivity index (χ4v) is 2.47. The summed E-state index contributed by atoms with van der Waals surface area (Å²) in [5.41, 5.74) is 6.49. The zero-order valence-electron chi connectivity index (χ0n) is 14.4. The van der Waals surface area contributed by atoms with Crippen molar-refractivity contribution in [2.45, 2.75) is 25.5 Å². The number of nitrogens with two attached hydrogens (primary N) is 1. The minimum Gasteiger partial charge on any atom is -0.376 e. The van der Waals surface area contributed by atoms with Crippen molar-refractivity contribution in [1.29, 1.82) is 0 Å². The van der Waals surface area contributed by atoms with Gasteiger partial charge in [-0.1, -0.05) is 12.1 Å². The van der Waals surface area contributed by atoms with Crippen LogP contribution in [0.1, 0.15) is 28.8 Å². The molecule has 0 aromatic heterocycles. The van der Waals surface area contributed by atoms with Crippen LogP contribution < -0.4 is 21.7 Å². The second-order valence-corrected chi connectivity index (χ2v) is 5.79. The van der Waals surface area contributed by atoms with Gasteiger partial charge in [0, 0.05) is 32.3 Å². The lowest BCUT2D eigenvalue weighted by Gasteiger charge is -2.15. The number of guanidine groups is 1. The molecule has 0 radical (unpaired) electrons. The van der Waals surface area contributed by atoms with Gasteiger partial charge in [-0.2, -0.15) is 0 Å². The first-order valence-corrected chi connectivity index (χ1v) is 8.30. The molecular weight excluding hydrogens is 322 g/mol. The van der Waals surface area contributed by atoms with Crippen LogP contribution in [-0.2, 0) is 16.1 Å². The molecule has 0 aliphatic carbocycles. The third-order valence-electron chi connectivity index (χ3n) is 3.84. The predicted octanol–water partition coefficient (Wildman–Crippen LogP) is -0.254. The topological polar surface area (TPSA) is 118 Å². The lowest BCUT2D eigenvalue weighted by atomic mass is 10.1. The normalized spacial score (nSPS) is 17.2. The van der Waals surface area contributed by atoms with Crippen LogP contribution in [0.15, 0.2) is 29.3 Å². The van der Waals surface area contributed by atoms with Gasteiger partial charge in [0.1, 0.15) is 0 Å². The molecule has 0 bridgehead atoms. The largest absolute Gasteiger partial charge is 0.376 e. The Balaban J connectivity index is 1.77. The highest BCUT2D eigenvalue weighted by atomic mass is 16.5. The van der Waals surface area contributed by atoms with Crippen LogP contribution >= 0.6 is 0 Å². The van der Waals surface area contributed by atoms with Gasteiger partial charge in [-0.05, 0) is 30.5 Å². The van der Waals surface area contributed by atoms with Crippen LogP contribution in [0.2, 0.25) is 0 Å². The monoisotopic (exact) mass is 347 g/mol. The first-order chi connectivity index (χ1) is 12.1. The molecule has 1 aromatic rings. The summed E-state index contributed by atoms with van der Waals surface area (Å²) in [4.78, 5) is 26.7. The summed E-state index contributed by atoms with van der Waals surface area (Å²) in [7, 11) is 1.72. The Kier molecular flexibility index (Phi) is 7.21. The number of aliphatic imine (C=N–C) groups is 1. The maximum Gasteiger partial charge on any atom is 0.251 e. The highest BCUT2D eigenvalue weighted by Crippen LogP contribution is 2.10. The van der Waals surface area contributed by atoms with Gasteiger partial charge in [-0.15, -0.1) is 0 Å². The standard InChI is InChI=1S/C17H25N5O3/c1-19-17(22-10-14-3-2-8-25-14)21-9-12-4-6-13(7-5-12)16(24)20-11-15(18)23/h4-7,14H,2-3,8-11H2,1H3,(H2,18,23)(H,20,24)(H2,19,21,22). The molecule has 1 heterocycles. The zero-order chi connectivity index (χ0) is 18.1. The van der Waals surface area contributed by atoms with Gasteiger partial charge in [0.05, 0.1) is 12.6 Å². The van der Waals surface area contributed by atoms with Crippen molar-refractivity contribution in [3.63, 3.8) is 0 Å². The molecule has 1 atom stereocenters. The van der Waals surface area contributed by atoms with Crippen LogP contribution in [0.3, 0.4) is 0 Å². The summed E-state index contributed by atoms with van der Waals surface area (Å²) in [6.07, 6.45) is 2.43. The van der Waals surface area contributed by atoms with E-state index in [4.69, 9.17) is 10.5 Å². The van der Waals surface area contributed by atoms with Gasteiger partial charge in [-0.25, -0.2) is 0 Å². The predicted molar refractivity (Wildman–Crippen MR) is 95.1 cm³/mol. The molecule has 2 amide bonds. The molecule has 1 aliphatic rings. The average molecular weight is 347 g/mol. The number of carbonyl (C=O) groups is 2. The van der Waals surface area contributed by atoms with Crippen molar-refractivity contribution in [3.8, 4) is 0 Å². The van der Waals surface area contributed by atoms with E-state index in [1.165, 1.54) is 0 Å². The summed E-state index contributed by atoms with van der Waals surface area (Å²) in [5, 5.41) is 8.92. The van der Waals surface area contributed by atoms with Crippen molar-refractivity contribution in [2.24, 2.45) is 10.7 Å². The van der Waals surface area contributed by atoms with Crippen molar-refractivity contribution in [2.75, 3.05) is 26.7 Å². The van der Waals surface area contributed by atoms with Crippen LogP contribution in [0.25, 0.3) is 0 Å². The molecule has 25 heavy (non-hydrogen) atoms. The van der Waals surface area contributed by atoms with Gasteiger partial charge in [0.2, 0.25) is 5.91 Å². The number of amides is 2. The highest BCUT2D eigenvalue weighted by molar-refractivity contribution is 5.96. The Morgan fingerprint density at radius 3 is 2.60 bits per heavy atom. The summed E-state index contributed by atoms with van der Waals surface area (Å²) < 4.78 is 5.57. The quantitative estimate of drug-likeness (QED) is 0.401. The van der Waals surface area contributed by atoms with E-state index in [0.29, 0.717) is 18.1 Å². The van der Waals surface area contributed by atoms with E-state index in [2.05, 4.69) is 20.9 Å². The molecule has 0 spiro atoms. The van der Waals surface area contributed by atoms with Gasteiger partial charge in [0.25, 0.3) is 5.91 Å². The summed E-state index contributed by atoms with van der Waals surface area (Å²) in [6, 6.07) is 7.10. The first-order valence-electron chi connectivity index (χ1n) is 8.30. The number of rotatable bonds is 7. The van der Waals surface area contributed by atoms with E-state index in [1.54, 1.807) is 19.2 Å². The number of hydrogen-bond acceptors (Lipinski definition) is 4. The number of primary amides is 1. The molecule has 8 heteroatoms. The zero-order valence-corrected chi connectivity index (χ0v) is 14.4. The molecule has 1 aromatic carbocycles. The molecule has 1 fully saturated rings. The van der Waals surface area contributed by atoms with Gasteiger partial charge in [-0.3, -0.25) is 14.6 Å². The smallest absolute Gasteiger partial charge is 0.251 e. The second kappa shape index (κ2) is 9.63. The molecule has 1 saturated heterocycles. The van der Waals surface area contributed by atoms with E-state index in [-0.39, 0.29) is 18.6 Å². The Hall–Kier alpha value is -2.61. The molecule has 2 rings (SSSR count). The van der Waals surface area contributed by atoms with E-state index < -0.39 is 5.91 Å².